The second-order valence-corrected chi connectivity index (χ2v) is 12.2. The van der Waals surface area contributed by atoms with E-state index in [1.54, 1.807) is 19.1 Å². The number of carbonyl (C=O) groups excluding carboxylic acids is 1. The Morgan fingerprint density at radius 2 is 1.88 bits per heavy atom. The minimum atomic E-state index is -0.340. The van der Waals surface area contributed by atoms with Crippen LogP contribution in [0.4, 0.5) is 10.2 Å². The number of fused-ring (bicyclic) bond motifs is 2. The fourth-order valence-electron chi connectivity index (χ4n) is 6.89. The van der Waals surface area contributed by atoms with Crippen LogP contribution in [0.2, 0.25) is 0 Å². The molecule has 1 aliphatic carbocycles. The smallest absolute Gasteiger partial charge is 0.257 e. The summed E-state index contributed by atoms with van der Waals surface area (Å²) in [5, 5.41) is 9.50. The summed E-state index contributed by atoms with van der Waals surface area (Å²) in [4.78, 5) is 26.7. The first kappa shape index (κ1) is 23.7. The fraction of sp³-hybridized carbons (Fsp3) is 0.300. The fourth-order valence-corrected chi connectivity index (χ4v) is 7.99. The lowest BCUT2D eigenvalue weighted by atomic mass is 9.71. The van der Waals surface area contributed by atoms with Crippen molar-refractivity contribution >= 4 is 33.1 Å². The molecule has 3 aliphatic heterocycles. The molecule has 0 unspecified atom stereocenters. The Morgan fingerprint density at radius 3 is 2.62 bits per heavy atom. The number of thiophene rings is 1. The minimum Gasteiger partial charge on any atom is -0.421 e. The Labute approximate surface area is 233 Å². The van der Waals surface area contributed by atoms with Crippen LogP contribution in [0, 0.1) is 25.6 Å². The SMILES string of the molecule is Cc1cc2cc(-c3c4c(nc(CCc5ccc(F)cc5)c3-c3nnc(C)o3)C35CC(CN3C4=O)C5)sc2c(N)n1. The van der Waals surface area contributed by atoms with E-state index in [-0.39, 0.29) is 17.3 Å². The maximum atomic E-state index is 14.1. The Hall–Kier alpha value is -4.18. The number of rotatable bonds is 5. The average molecular weight is 553 g/mol. The molecule has 1 aromatic carbocycles. The number of aromatic nitrogens is 4. The summed E-state index contributed by atoms with van der Waals surface area (Å²) >= 11 is 1.52. The van der Waals surface area contributed by atoms with Gasteiger partial charge in [-0.2, -0.15) is 0 Å². The van der Waals surface area contributed by atoms with Crippen LogP contribution in [0.15, 0.2) is 40.8 Å². The highest BCUT2D eigenvalue weighted by atomic mass is 32.1. The van der Waals surface area contributed by atoms with Crippen LogP contribution < -0.4 is 5.73 Å². The van der Waals surface area contributed by atoms with Gasteiger partial charge in [0, 0.05) is 29.6 Å². The third kappa shape index (κ3) is 3.25. The summed E-state index contributed by atoms with van der Waals surface area (Å²) in [6.07, 6.45) is 3.08. The van der Waals surface area contributed by atoms with Gasteiger partial charge in [0.05, 0.1) is 32.8 Å². The number of hydrogen-bond acceptors (Lipinski definition) is 8. The number of aryl methyl sites for hydroxylation is 4. The number of nitrogen functional groups attached to an aromatic ring is 1. The number of nitrogens with zero attached hydrogens (tertiary/aromatic N) is 5. The lowest BCUT2D eigenvalue weighted by Gasteiger charge is -2.37. The molecule has 1 spiro atoms. The van der Waals surface area contributed by atoms with Crippen molar-refractivity contribution < 1.29 is 13.6 Å². The predicted molar refractivity (Wildman–Crippen MR) is 149 cm³/mol. The Balaban J connectivity index is 1.40. The van der Waals surface area contributed by atoms with E-state index in [2.05, 4.69) is 21.2 Å². The maximum Gasteiger partial charge on any atom is 0.257 e. The molecule has 1 saturated carbocycles. The maximum absolute atomic E-state index is 14.1. The van der Waals surface area contributed by atoms with Gasteiger partial charge in [0.15, 0.2) is 0 Å². The molecule has 0 atom stereocenters. The predicted octanol–water partition coefficient (Wildman–Crippen LogP) is 5.61. The zero-order valence-corrected chi connectivity index (χ0v) is 22.8. The van der Waals surface area contributed by atoms with Gasteiger partial charge < -0.3 is 15.1 Å². The van der Waals surface area contributed by atoms with Gasteiger partial charge in [-0.3, -0.25) is 9.78 Å². The van der Waals surface area contributed by atoms with Crippen LogP contribution in [0.5, 0.6) is 0 Å². The molecule has 2 N–H and O–H groups in total. The number of amides is 1. The van der Waals surface area contributed by atoms with Gasteiger partial charge in [-0.15, -0.1) is 21.5 Å². The van der Waals surface area contributed by atoms with Crippen molar-refractivity contribution in [3.05, 3.63) is 76.3 Å². The summed E-state index contributed by atoms with van der Waals surface area (Å²) in [5.74, 6) is 1.51. The van der Waals surface area contributed by atoms with E-state index in [0.29, 0.717) is 47.5 Å². The summed E-state index contributed by atoms with van der Waals surface area (Å²) in [6, 6.07) is 10.6. The molecule has 1 amide bonds. The molecule has 2 bridgehead atoms. The third-order valence-corrected chi connectivity index (χ3v) is 9.78. The highest BCUT2D eigenvalue weighted by Gasteiger charge is 2.65. The van der Waals surface area contributed by atoms with E-state index >= 15 is 0 Å². The van der Waals surface area contributed by atoms with Crippen molar-refractivity contribution in [3.63, 3.8) is 0 Å². The van der Waals surface area contributed by atoms with Crippen LogP contribution in [0.1, 0.15) is 51.7 Å². The molecular weight excluding hydrogens is 527 g/mol. The molecule has 3 fully saturated rings. The molecule has 0 radical (unpaired) electrons. The first-order chi connectivity index (χ1) is 19.3. The number of nitrogens with two attached hydrogens (primary N) is 1. The minimum absolute atomic E-state index is 0.0137. The molecule has 4 aliphatic rings. The van der Waals surface area contributed by atoms with E-state index in [1.165, 1.54) is 23.5 Å². The van der Waals surface area contributed by atoms with Gasteiger partial charge in [-0.05, 0) is 73.7 Å². The van der Waals surface area contributed by atoms with Crippen molar-refractivity contribution in [2.45, 2.75) is 45.1 Å². The van der Waals surface area contributed by atoms with Gasteiger partial charge >= 0.3 is 0 Å². The van der Waals surface area contributed by atoms with E-state index in [1.807, 2.05) is 17.9 Å². The molecule has 4 aromatic heterocycles. The van der Waals surface area contributed by atoms with Crippen molar-refractivity contribution in [3.8, 4) is 21.9 Å². The summed E-state index contributed by atoms with van der Waals surface area (Å²) in [7, 11) is 0. The van der Waals surface area contributed by atoms with Crippen molar-refractivity contribution in [1.29, 1.82) is 0 Å². The standard InChI is InChI=1S/C30H25FN6O2S/c1-14-9-18-10-21(40-25(18)27(32)33-14)23-22(28-36-35-15(2)39-28)20(8-5-16-3-6-19(31)7-4-16)34-26-24(23)29(38)37-13-17-11-30(26,37)12-17/h3-4,6-7,9-10,17H,5,8,11-13H2,1-2H3,(H2,32,33). The lowest BCUT2D eigenvalue weighted by Crippen LogP contribution is -2.40. The van der Waals surface area contributed by atoms with Crippen molar-refractivity contribution in [2.75, 3.05) is 12.3 Å². The molecule has 2 saturated heterocycles. The number of hydrogen-bond donors (Lipinski definition) is 1. The Kier molecular flexibility index (Phi) is 4.84. The summed E-state index contributed by atoms with van der Waals surface area (Å²) in [6.45, 7) is 4.43. The lowest BCUT2D eigenvalue weighted by molar-refractivity contribution is 0.0637. The van der Waals surface area contributed by atoms with E-state index in [9.17, 15) is 9.18 Å². The second kappa shape index (κ2) is 8.17. The van der Waals surface area contributed by atoms with E-state index in [0.717, 1.165) is 62.6 Å². The third-order valence-electron chi connectivity index (χ3n) is 8.59. The zero-order valence-electron chi connectivity index (χ0n) is 22.0. The molecule has 200 valence electrons. The molecule has 7 heterocycles. The van der Waals surface area contributed by atoms with Gasteiger partial charge in [0.2, 0.25) is 11.8 Å². The van der Waals surface area contributed by atoms with Gasteiger partial charge in [0.1, 0.15) is 11.6 Å². The van der Waals surface area contributed by atoms with E-state index in [4.69, 9.17) is 15.1 Å². The number of pyridine rings is 2. The molecular formula is C30H25FN6O2S. The van der Waals surface area contributed by atoms with Crippen LogP contribution in [0.3, 0.4) is 0 Å². The highest BCUT2D eigenvalue weighted by Crippen LogP contribution is 2.62. The normalized spacial score (nSPS) is 20.7. The zero-order chi connectivity index (χ0) is 27.3. The molecule has 40 heavy (non-hydrogen) atoms. The molecule has 9 rings (SSSR count). The van der Waals surface area contributed by atoms with Gasteiger partial charge in [0.25, 0.3) is 5.91 Å². The highest BCUT2D eigenvalue weighted by molar-refractivity contribution is 7.22. The quantitative estimate of drug-likeness (QED) is 0.302. The van der Waals surface area contributed by atoms with Crippen molar-refractivity contribution in [2.24, 2.45) is 5.92 Å². The Bertz CT molecular complexity index is 1870. The van der Waals surface area contributed by atoms with Crippen LogP contribution in [0.25, 0.3) is 32.0 Å². The number of halogens is 1. The molecule has 5 aromatic rings. The van der Waals surface area contributed by atoms with Crippen LogP contribution >= 0.6 is 11.3 Å². The van der Waals surface area contributed by atoms with E-state index < -0.39 is 0 Å². The first-order valence-electron chi connectivity index (χ1n) is 13.4. The number of carbonyl (C=O) groups is 1. The Morgan fingerprint density at radius 1 is 1.07 bits per heavy atom. The monoisotopic (exact) mass is 552 g/mol. The van der Waals surface area contributed by atoms with Crippen molar-refractivity contribution in [1.82, 2.24) is 25.1 Å². The number of benzene rings is 1. The second-order valence-electron chi connectivity index (χ2n) is 11.2. The average Bonchev–Trinajstić information content (AvgIpc) is 3.70. The van der Waals surface area contributed by atoms with Crippen LogP contribution in [-0.4, -0.2) is 37.5 Å². The summed E-state index contributed by atoms with van der Waals surface area (Å²) < 4.78 is 20.5. The summed E-state index contributed by atoms with van der Waals surface area (Å²) in [5.41, 5.74) is 11.6. The first-order valence-corrected chi connectivity index (χ1v) is 14.2. The molecule has 8 nitrogen and oxygen atoms in total. The number of anilines is 1. The molecule has 10 heteroatoms. The van der Waals surface area contributed by atoms with Gasteiger partial charge in [-0.1, -0.05) is 12.1 Å². The largest absolute Gasteiger partial charge is 0.421 e. The topological polar surface area (TPSA) is 111 Å². The van der Waals surface area contributed by atoms with Gasteiger partial charge in [-0.25, -0.2) is 9.37 Å². The van der Waals surface area contributed by atoms with Crippen LogP contribution in [-0.2, 0) is 18.4 Å².